The molecule has 0 aliphatic heterocycles. The number of amides is 3. The molecule has 10 heteroatoms. The third-order valence-corrected chi connectivity index (χ3v) is 7.26. The van der Waals surface area contributed by atoms with E-state index in [4.69, 9.17) is 14.2 Å². The van der Waals surface area contributed by atoms with Gasteiger partial charge in [0.25, 0.3) is 0 Å². The van der Waals surface area contributed by atoms with Gasteiger partial charge in [0.1, 0.15) is 11.5 Å². The van der Waals surface area contributed by atoms with Crippen molar-refractivity contribution in [1.29, 1.82) is 0 Å². The molecule has 3 amide bonds. The minimum atomic E-state index is -0.648. The summed E-state index contributed by atoms with van der Waals surface area (Å²) in [5, 5.41) is 10.2. The highest BCUT2D eigenvalue weighted by Crippen LogP contribution is 2.39. The molecule has 0 fully saturated rings. The van der Waals surface area contributed by atoms with Gasteiger partial charge in [-0.25, -0.2) is 9.59 Å². The first-order valence-corrected chi connectivity index (χ1v) is 14.6. The molecule has 0 radical (unpaired) electrons. The number of fused-ring (bicyclic) bond motifs is 1. The number of pyridine rings is 1. The van der Waals surface area contributed by atoms with E-state index in [1.165, 1.54) is 14.2 Å². The summed E-state index contributed by atoms with van der Waals surface area (Å²) in [4.78, 5) is 32.2. The molecule has 0 spiro atoms. The Kier molecular flexibility index (Phi) is 10.3. The van der Waals surface area contributed by atoms with E-state index in [0.29, 0.717) is 34.3 Å². The Bertz CT molecular complexity index is 1630. The number of nitrogens with one attached hydrogen (secondary N) is 3. The van der Waals surface area contributed by atoms with Gasteiger partial charge in [0.15, 0.2) is 5.75 Å². The highest BCUT2D eigenvalue weighted by atomic mass is 16.5. The van der Waals surface area contributed by atoms with E-state index < -0.39 is 12.1 Å². The number of rotatable bonds is 10. The van der Waals surface area contributed by atoms with Crippen molar-refractivity contribution in [1.82, 2.24) is 9.88 Å². The number of methoxy groups -OCH3 is 2. The number of hydrogen-bond donors (Lipinski definition) is 3. The molecule has 1 aromatic heterocycles. The number of carbonyl (C=O) groups excluding carboxylic acids is 2. The van der Waals surface area contributed by atoms with Crippen molar-refractivity contribution < 1.29 is 23.8 Å². The number of aromatic nitrogens is 1. The Hall–Kier alpha value is -4.83. The maximum Gasteiger partial charge on any atom is 0.411 e. The number of urea groups is 1. The molecule has 0 bridgehead atoms. The molecule has 0 unspecified atom stereocenters. The molecule has 1 heterocycles. The molecule has 4 aromatic rings. The van der Waals surface area contributed by atoms with Crippen molar-refractivity contribution in [3.63, 3.8) is 0 Å². The van der Waals surface area contributed by atoms with Gasteiger partial charge in [-0.2, -0.15) is 0 Å². The van der Waals surface area contributed by atoms with E-state index in [1.807, 2.05) is 75.4 Å². The van der Waals surface area contributed by atoms with Gasteiger partial charge in [-0.1, -0.05) is 58.9 Å². The largest absolute Gasteiger partial charge is 0.492 e. The molecule has 44 heavy (non-hydrogen) atoms. The summed E-state index contributed by atoms with van der Waals surface area (Å²) in [5.74, 6) is 1.64. The van der Waals surface area contributed by atoms with Gasteiger partial charge in [0.05, 0.1) is 37.0 Å². The summed E-state index contributed by atoms with van der Waals surface area (Å²) < 4.78 is 16.7. The molecular weight excluding hydrogens is 558 g/mol. The fourth-order valence-corrected chi connectivity index (χ4v) is 4.78. The zero-order valence-electron chi connectivity index (χ0n) is 26.4. The lowest BCUT2D eigenvalue weighted by molar-refractivity contribution is 0.187. The summed E-state index contributed by atoms with van der Waals surface area (Å²) in [6.45, 7) is 13.0. The number of benzene rings is 3. The number of carbonyl (C=O) groups is 2. The van der Waals surface area contributed by atoms with E-state index in [2.05, 4.69) is 39.7 Å². The lowest BCUT2D eigenvalue weighted by Gasteiger charge is -2.24. The first-order valence-electron chi connectivity index (χ1n) is 14.6. The summed E-state index contributed by atoms with van der Waals surface area (Å²) in [6, 6.07) is 18.3. The van der Waals surface area contributed by atoms with Crippen LogP contribution in [0.3, 0.4) is 0 Å². The predicted octanol–water partition coefficient (Wildman–Crippen LogP) is 8.00. The van der Waals surface area contributed by atoms with Crippen LogP contribution >= 0.6 is 0 Å². The first-order chi connectivity index (χ1) is 21.1. The number of nitrogens with zero attached hydrogens (tertiary/aromatic N) is 2. The highest BCUT2D eigenvalue weighted by molar-refractivity contribution is 6.08. The fraction of sp³-hybridized carbons (Fsp3) is 0.324. The van der Waals surface area contributed by atoms with E-state index in [9.17, 15) is 9.59 Å². The summed E-state index contributed by atoms with van der Waals surface area (Å²) in [5.41, 5.74) is 2.90. The SMILES string of the molecule is CCN(CC)Cc1cc(Oc2ccc(NC(=O)Nc3cc(C(C)(C)C)cc(NC(=O)OC)c3OC)c3ccccc23)ccn1. The van der Waals surface area contributed by atoms with Crippen LogP contribution in [-0.4, -0.2) is 49.3 Å². The second kappa shape index (κ2) is 14.1. The first kappa shape index (κ1) is 32.1. The van der Waals surface area contributed by atoms with Crippen molar-refractivity contribution in [2.45, 2.75) is 46.6 Å². The fourth-order valence-electron chi connectivity index (χ4n) is 4.78. The number of ether oxygens (including phenoxy) is 3. The lowest BCUT2D eigenvalue weighted by atomic mass is 9.86. The molecule has 3 aromatic carbocycles. The molecule has 0 saturated heterocycles. The molecule has 232 valence electrons. The normalized spacial score (nSPS) is 11.3. The van der Waals surface area contributed by atoms with Crippen molar-refractivity contribution in [3.05, 3.63) is 78.1 Å². The van der Waals surface area contributed by atoms with Crippen LogP contribution in [0, 0.1) is 0 Å². The zero-order valence-corrected chi connectivity index (χ0v) is 26.4. The predicted molar refractivity (Wildman–Crippen MR) is 175 cm³/mol. The van der Waals surface area contributed by atoms with Crippen LogP contribution in [0.4, 0.5) is 26.7 Å². The van der Waals surface area contributed by atoms with Crippen molar-refractivity contribution in [3.8, 4) is 17.2 Å². The Morgan fingerprint density at radius 2 is 1.50 bits per heavy atom. The van der Waals surface area contributed by atoms with Gasteiger partial charge in [0, 0.05) is 29.6 Å². The minimum absolute atomic E-state index is 0.279. The van der Waals surface area contributed by atoms with Crippen LogP contribution in [0.5, 0.6) is 17.2 Å². The Morgan fingerprint density at radius 1 is 0.841 bits per heavy atom. The molecule has 10 nitrogen and oxygen atoms in total. The summed E-state index contributed by atoms with van der Waals surface area (Å²) in [6.07, 6.45) is 1.11. The lowest BCUT2D eigenvalue weighted by Crippen LogP contribution is -2.22. The van der Waals surface area contributed by atoms with Crippen molar-refractivity contribution >= 4 is 40.0 Å². The Labute approximate surface area is 258 Å². The molecule has 0 atom stereocenters. The minimum Gasteiger partial charge on any atom is -0.492 e. The van der Waals surface area contributed by atoms with Crippen LogP contribution in [0.15, 0.2) is 66.9 Å². The average Bonchev–Trinajstić information content (AvgIpc) is 3.00. The van der Waals surface area contributed by atoms with Gasteiger partial charge >= 0.3 is 12.1 Å². The smallest absolute Gasteiger partial charge is 0.411 e. The molecule has 0 aliphatic rings. The highest BCUT2D eigenvalue weighted by Gasteiger charge is 2.22. The van der Waals surface area contributed by atoms with Crippen molar-refractivity contribution in [2.24, 2.45) is 0 Å². The average molecular weight is 600 g/mol. The molecule has 4 rings (SSSR count). The Morgan fingerprint density at radius 3 is 2.14 bits per heavy atom. The third kappa shape index (κ3) is 7.76. The van der Waals surface area contributed by atoms with E-state index in [-0.39, 0.29) is 5.41 Å². The van der Waals surface area contributed by atoms with Gasteiger partial charge in [-0.15, -0.1) is 0 Å². The quantitative estimate of drug-likeness (QED) is 0.169. The molecule has 0 aliphatic carbocycles. The maximum atomic E-state index is 13.4. The zero-order chi connectivity index (χ0) is 31.9. The second-order valence-electron chi connectivity index (χ2n) is 11.3. The van der Waals surface area contributed by atoms with Gasteiger partial charge in [0.2, 0.25) is 0 Å². The van der Waals surface area contributed by atoms with Gasteiger partial charge in [-0.3, -0.25) is 15.2 Å². The standard InChI is InChI=1S/C34H41N5O5/c1-8-39(9-2)21-23-20-24(16-17-35-23)44-30-15-14-27(25-12-10-11-13-26(25)30)36-32(40)37-28-18-22(34(3,4)5)19-29(31(28)42-6)38-33(41)43-7/h10-20H,8-9,21H2,1-7H3,(H,38,41)(H2,36,37,40). The topological polar surface area (TPSA) is 114 Å². The maximum absolute atomic E-state index is 13.4. The van der Waals surface area contributed by atoms with Gasteiger partial charge < -0.3 is 24.8 Å². The Balaban J connectivity index is 1.60. The van der Waals surface area contributed by atoms with Crippen LogP contribution in [0.1, 0.15) is 45.9 Å². The van der Waals surface area contributed by atoms with E-state index >= 15 is 0 Å². The molecule has 3 N–H and O–H groups in total. The molecular formula is C34H41N5O5. The second-order valence-corrected chi connectivity index (χ2v) is 11.3. The van der Waals surface area contributed by atoms with Crippen molar-refractivity contribution in [2.75, 3.05) is 43.3 Å². The summed E-state index contributed by atoms with van der Waals surface area (Å²) in [7, 11) is 2.75. The van der Waals surface area contributed by atoms with Gasteiger partial charge in [-0.05, 0) is 54.4 Å². The van der Waals surface area contributed by atoms with Crippen LogP contribution in [0.25, 0.3) is 10.8 Å². The van der Waals surface area contributed by atoms with Crippen LogP contribution in [0.2, 0.25) is 0 Å². The number of anilines is 3. The monoisotopic (exact) mass is 599 g/mol. The molecule has 0 saturated carbocycles. The van der Waals surface area contributed by atoms with E-state index in [0.717, 1.165) is 41.7 Å². The number of hydrogen-bond acceptors (Lipinski definition) is 7. The third-order valence-electron chi connectivity index (χ3n) is 7.26. The van der Waals surface area contributed by atoms with E-state index in [1.54, 1.807) is 12.3 Å². The van der Waals surface area contributed by atoms with Crippen LogP contribution in [-0.2, 0) is 16.7 Å². The summed E-state index contributed by atoms with van der Waals surface area (Å²) >= 11 is 0. The van der Waals surface area contributed by atoms with Crippen LogP contribution < -0.4 is 25.4 Å².